The van der Waals surface area contributed by atoms with E-state index < -0.39 is 10.1 Å². The van der Waals surface area contributed by atoms with Crippen molar-refractivity contribution in [1.29, 1.82) is 0 Å². The van der Waals surface area contributed by atoms with Gasteiger partial charge in [-0.3, -0.25) is 4.55 Å². The number of pyridine rings is 1. The van der Waals surface area contributed by atoms with Gasteiger partial charge in [0, 0.05) is 11.1 Å². The average molecular weight is 387 g/mol. The average Bonchev–Trinajstić information content (AvgIpc) is 2.74. The van der Waals surface area contributed by atoms with Crippen LogP contribution in [0.4, 0.5) is 0 Å². The van der Waals surface area contributed by atoms with E-state index in [1.54, 1.807) is 0 Å². The monoisotopic (exact) mass is 387 g/mol. The molecule has 0 aliphatic carbocycles. The third-order valence-electron chi connectivity index (χ3n) is 4.45. The van der Waals surface area contributed by atoms with Gasteiger partial charge in [-0.05, 0) is 22.8 Å². The Morgan fingerprint density at radius 1 is 0.643 bits per heavy atom. The van der Waals surface area contributed by atoms with Gasteiger partial charge in [0.25, 0.3) is 0 Å². The number of nitrogens with zero attached hydrogens (tertiary/aromatic N) is 1. The van der Waals surface area contributed by atoms with Gasteiger partial charge < -0.3 is 0 Å². The molecule has 3 aromatic carbocycles. The Kier molecular flexibility index (Phi) is 4.77. The second-order valence-corrected chi connectivity index (χ2v) is 7.67. The van der Waals surface area contributed by atoms with Crippen molar-refractivity contribution in [3.05, 3.63) is 97.1 Å². The lowest BCUT2D eigenvalue weighted by molar-refractivity contribution is 0.479. The summed E-state index contributed by atoms with van der Waals surface area (Å²) in [5.74, 6) is 0. The van der Waals surface area contributed by atoms with E-state index in [0.717, 1.165) is 22.3 Å². The Bertz CT molecular complexity index is 1150. The first-order valence-corrected chi connectivity index (χ1v) is 10.2. The van der Waals surface area contributed by atoms with Gasteiger partial charge in [-0.25, -0.2) is 4.98 Å². The van der Waals surface area contributed by atoms with Gasteiger partial charge in [0.05, 0.1) is 5.69 Å². The number of benzene rings is 3. The molecule has 0 bridgehead atoms. The van der Waals surface area contributed by atoms with Crippen LogP contribution in [0.2, 0.25) is 0 Å². The predicted octanol–water partition coefficient (Wildman–Crippen LogP) is 5.33. The first-order chi connectivity index (χ1) is 13.5. The zero-order valence-corrected chi connectivity index (χ0v) is 15.7. The molecule has 0 saturated carbocycles. The molecule has 0 unspecified atom stereocenters. The van der Waals surface area contributed by atoms with Crippen LogP contribution in [0.25, 0.3) is 33.5 Å². The molecule has 1 aromatic heterocycles. The van der Waals surface area contributed by atoms with Gasteiger partial charge in [0.1, 0.15) is 0 Å². The van der Waals surface area contributed by atoms with Gasteiger partial charge in [0.15, 0.2) is 5.03 Å². The molecule has 138 valence electrons. The van der Waals surface area contributed by atoms with E-state index in [9.17, 15) is 13.0 Å². The smallest absolute Gasteiger partial charge is 0.281 e. The third kappa shape index (κ3) is 3.58. The molecule has 28 heavy (non-hydrogen) atoms. The number of hydrogen-bond acceptors (Lipinski definition) is 3. The Morgan fingerprint density at radius 2 is 1.11 bits per heavy atom. The minimum Gasteiger partial charge on any atom is -0.281 e. The van der Waals surface area contributed by atoms with Crippen molar-refractivity contribution in [3.63, 3.8) is 0 Å². The molecule has 0 amide bonds. The van der Waals surface area contributed by atoms with E-state index in [0.29, 0.717) is 11.3 Å². The largest absolute Gasteiger partial charge is 0.312 e. The van der Waals surface area contributed by atoms with Crippen LogP contribution in [-0.4, -0.2) is 18.0 Å². The summed E-state index contributed by atoms with van der Waals surface area (Å²) in [4.78, 5) is 4.34. The molecule has 0 aliphatic rings. The van der Waals surface area contributed by atoms with E-state index in [1.807, 2.05) is 91.0 Å². The number of rotatable bonds is 4. The lowest BCUT2D eigenvalue weighted by Crippen LogP contribution is -2.05. The Balaban J connectivity index is 2.14. The topological polar surface area (TPSA) is 67.3 Å². The van der Waals surface area contributed by atoms with E-state index in [4.69, 9.17) is 0 Å². The van der Waals surface area contributed by atoms with Crippen molar-refractivity contribution in [2.45, 2.75) is 5.03 Å². The summed E-state index contributed by atoms with van der Waals surface area (Å²) in [7, 11) is -4.47. The van der Waals surface area contributed by atoms with E-state index >= 15 is 0 Å². The summed E-state index contributed by atoms with van der Waals surface area (Å²) in [6.45, 7) is 0. The molecular weight excluding hydrogens is 370 g/mol. The van der Waals surface area contributed by atoms with Gasteiger partial charge in [-0.1, -0.05) is 91.0 Å². The maximum Gasteiger partial charge on any atom is 0.312 e. The van der Waals surface area contributed by atoms with Crippen molar-refractivity contribution >= 4 is 10.1 Å². The molecular formula is C23H17NO3S. The summed E-state index contributed by atoms with van der Waals surface area (Å²) in [5.41, 5.74) is 4.52. The van der Waals surface area contributed by atoms with Gasteiger partial charge in [-0.15, -0.1) is 0 Å². The molecule has 1 heterocycles. The lowest BCUT2D eigenvalue weighted by Gasteiger charge is -2.17. The zero-order valence-electron chi connectivity index (χ0n) is 14.9. The minimum atomic E-state index is -4.47. The summed E-state index contributed by atoms with van der Waals surface area (Å²) >= 11 is 0. The molecule has 4 nitrogen and oxygen atoms in total. The zero-order chi connectivity index (χ0) is 19.6. The highest BCUT2D eigenvalue weighted by Crippen LogP contribution is 2.40. The molecule has 0 fully saturated rings. The molecule has 5 heteroatoms. The minimum absolute atomic E-state index is 0.370. The molecule has 4 aromatic rings. The van der Waals surface area contributed by atoms with Crippen molar-refractivity contribution in [3.8, 4) is 33.5 Å². The van der Waals surface area contributed by atoms with Crippen LogP contribution in [0.3, 0.4) is 0 Å². The fraction of sp³-hybridized carbons (Fsp3) is 0. The maximum absolute atomic E-state index is 11.9. The van der Waals surface area contributed by atoms with Crippen LogP contribution in [0, 0.1) is 0 Å². The first-order valence-electron chi connectivity index (χ1n) is 8.73. The summed E-state index contributed by atoms with van der Waals surface area (Å²) < 4.78 is 33.6. The van der Waals surface area contributed by atoms with Crippen molar-refractivity contribution < 1.29 is 13.0 Å². The van der Waals surface area contributed by atoms with Crippen LogP contribution in [0.1, 0.15) is 0 Å². The standard InChI is InChI=1S/C23H17NO3S/c25-28(26,27)21-16-20(17-10-4-1-5-11-17)22(18-12-6-2-7-13-18)23(24-21)19-14-8-3-9-15-19/h1-16H,(H,25,26,27). The quantitative estimate of drug-likeness (QED) is 0.481. The van der Waals surface area contributed by atoms with Crippen LogP contribution >= 0.6 is 0 Å². The Labute approximate surface area is 163 Å². The SMILES string of the molecule is O=S(=O)(O)c1cc(-c2ccccc2)c(-c2ccccc2)c(-c2ccccc2)n1. The molecule has 0 saturated heterocycles. The molecule has 0 radical (unpaired) electrons. The van der Waals surface area contributed by atoms with Crippen LogP contribution < -0.4 is 0 Å². The van der Waals surface area contributed by atoms with Crippen LogP contribution in [0.15, 0.2) is 102 Å². The van der Waals surface area contributed by atoms with E-state index in [1.165, 1.54) is 6.07 Å². The highest BCUT2D eigenvalue weighted by molar-refractivity contribution is 7.85. The van der Waals surface area contributed by atoms with Crippen molar-refractivity contribution in [1.82, 2.24) is 4.98 Å². The summed E-state index contributed by atoms with van der Waals surface area (Å²) in [5, 5.41) is -0.370. The van der Waals surface area contributed by atoms with Gasteiger partial charge >= 0.3 is 10.1 Å². The number of hydrogen-bond donors (Lipinski definition) is 1. The molecule has 0 atom stereocenters. The fourth-order valence-corrected chi connectivity index (χ4v) is 3.67. The van der Waals surface area contributed by atoms with E-state index in [2.05, 4.69) is 4.98 Å². The first kappa shape index (κ1) is 18.1. The van der Waals surface area contributed by atoms with Crippen LogP contribution in [0.5, 0.6) is 0 Å². The molecule has 1 N–H and O–H groups in total. The highest BCUT2D eigenvalue weighted by atomic mass is 32.2. The Hall–Kier alpha value is -3.28. The third-order valence-corrected chi connectivity index (χ3v) is 5.19. The lowest BCUT2D eigenvalue weighted by atomic mass is 9.91. The fourth-order valence-electron chi connectivity index (χ4n) is 3.20. The van der Waals surface area contributed by atoms with E-state index in [-0.39, 0.29) is 5.03 Å². The second kappa shape index (κ2) is 7.38. The predicted molar refractivity (Wildman–Crippen MR) is 110 cm³/mol. The van der Waals surface area contributed by atoms with Crippen molar-refractivity contribution in [2.24, 2.45) is 0 Å². The molecule has 4 rings (SSSR count). The number of aromatic nitrogens is 1. The van der Waals surface area contributed by atoms with Crippen LogP contribution in [-0.2, 0) is 10.1 Å². The Morgan fingerprint density at radius 3 is 1.61 bits per heavy atom. The maximum atomic E-state index is 11.9. The van der Waals surface area contributed by atoms with Gasteiger partial charge in [-0.2, -0.15) is 8.42 Å². The second-order valence-electron chi connectivity index (χ2n) is 6.30. The molecule has 0 spiro atoms. The summed E-state index contributed by atoms with van der Waals surface area (Å²) in [6.07, 6.45) is 0. The highest BCUT2D eigenvalue weighted by Gasteiger charge is 2.22. The normalized spacial score (nSPS) is 11.3. The van der Waals surface area contributed by atoms with Gasteiger partial charge in [0.2, 0.25) is 0 Å². The molecule has 0 aliphatic heterocycles. The summed E-state index contributed by atoms with van der Waals surface area (Å²) in [6, 6.07) is 30.0. The van der Waals surface area contributed by atoms with Crippen molar-refractivity contribution in [2.75, 3.05) is 0 Å².